The Morgan fingerprint density at radius 3 is 2.65 bits per heavy atom. The van der Waals surface area contributed by atoms with Gasteiger partial charge in [0.25, 0.3) is 0 Å². The predicted octanol–water partition coefficient (Wildman–Crippen LogP) is 4.47. The molecule has 0 N–H and O–H groups in total. The molecule has 0 saturated heterocycles. The molecule has 0 saturated carbocycles. The maximum absolute atomic E-state index is 5.95. The van der Waals surface area contributed by atoms with Gasteiger partial charge < -0.3 is 0 Å². The van der Waals surface area contributed by atoms with E-state index >= 15 is 0 Å². The van der Waals surface area contributed by atoms with Gasteiger partial charge in [-0.1, -0.05) is 41.6 Å². The molecule has 2 aromatic heterocycles. The highest BCUT2D eigenvalue weighted by Gasteiger charge is 2.18. The topological polar surface area (TPSA) is 41.9 Å². The first-order valence-electron chi connectivity index (χ1n) is 8.53. The Labute approximate surface area is 162 Å². The summed E-state index contributed by atoms with van der Waals surface area (Å²) >= 11 is 7.54. The van der Waals surface area contributed by atoms with Crippen LogP contribution in [-0.4, -0.2) is 32.7 Å². The van der Waals surface area contributed by atoms with E-state index in [1.165, 1.54) is 16.8 Å². The van der Waals surface area contributed by atoms with Crippen molar-refractivity contribution in [3.63, 3.8) is 0 Å². The largest absolute Gasteiger partial charge is 0.294 e. The van der Waals surface area contributed by atoms with Crippen LogP contribution in [0.3, 0.4) is 0 Å². The van der Waals surface area contributed by atoms with E-state index in [1.807, 2.05) is 42.9 Å². The number of hydrogen-bond donors (Lipinski definition) is 0. The number of fused-ring (bicyclic) bond motifs is 1. The third kappa shape index (κ3) is 3.90. The van der Waals surface area contributed by atoms with E-state index in [-0.39, 0.29) is 0 Å². The highest BCUT2D eigenvalue weighted by molar-refractivity contribution is 7.98. The van der Waals surface area contributed by atoms with Gasteiger partial charge in [0.1, 0.15) is 0 Å². The third-order valence-corrected chi connectivity index (χ3v) is 5.36. The van der Waals surface area contributed by atoms with Gasteiger partial charge in [-0.2, -0.15) is 0 Å². The lowest BCUT2D eigenvalue weighted by molar-refractivity contribution is 0.242. The van der Waals surface area contributed by atoms with Gasteiger partial charge >= 0.3 is 0 Å². The molecule has 132 valence electrons. The Morgan fingerprint density at radius 1 is 1.08 bits per heavy atom. The fraction of sp³-hybridized carbons (Fsp3) is 0.250. The van der Waals surface area contributed by atoms with E-state index in [9.17, 15) is 0 Å². The van der Waals surface area contributed by atoms with Gasteiger partial charge in [0.05, 0.1) is 11.4 Å². The van der Waals surface area contributed by atoms with Crippen LogP contribution in [0.1, 0.15) is 16.8 Å². The molecule has 0 aliphatic carbocycles. The zero-order chi connectivity index (χ0) is 17.9. The van der Waals surface area contributed by atoms with Crippen LogP contribution in [0.25, 0.3) is 11.3 Å². The average Bonchev–Trinajstić information content (AvgIpc) is 2.69. The molecule has 0 unspecified atom stereocenters. The summed E-state index contributed by atoms with van der Waals surface area (Å²) in [6, 6.07) is 12.0. The van der Waals surface area contributed by atoms with Crippen molar-refractivity contribution < 1.29 is 0 Å². The third-order valence-electron chi connectivity index (χ3n) is 4.54. The molecular weight excluding hydrogens is 364 g/mol. The molecular formula is C20H19ClN4S. The van der Waals surface area contributed by atoms with Crippen molar-refractivity contribution in [2.45, 2.75) is 24.7 Å². The second-order valence-corrected chi connectivity index (χ2v) is 7.56. The van der Waals surface area contributed by atoms with Crippen molar-refractivity contribution in [1.29, 1.82) is 0 Å². The van der Waals surface area contributed by atoms with Gasteiger partial charge in [-0.25, -0.2) is 9.97 Å². The summed E-state index contributed by atoms with van der Waals surface area (Å²) in [6.45, 7) is 2.79. The molecule has 1 aromatic carbocycles. The number of hydrogen-bond acceptors (Lipinski definition) is 5. The summed E-state index contributed by atoms with van der Waals surface area (Å²) in [5, 5.41) is 1.60. The Morgan fingerprint density at radius 2 is 1.92 bits per heavy atom. The Bertz CT molecular complexity index is 897. The van der Waals surface area contributed by atoms with Crippen molar-refractivity contribution in [3.8, 4) is 11.3 Å². The molecule has 1 aliphatic rings. The fourth-order valence-electron chi connectivity index (χ4n) is 3.16. The lowest BCUT2D eigenvalue weighted by atomic mass is 10.1. The molecule has 0 fully saturated rings. The number of thioether (sulfide) groups is 1. The molecule has 3 heterocycles. The number of pyridine rings is 1. The van der Waals surface area contributed by atoms with Gasteiger partial charge in [0, 0.05) is 54.6 Å². The van der Waals surface area contributed by atoms with Crippen LogP contribution in [0, 0.1) is 0 Å². The van der Waals surface area contributed by atoms with Crippen LogP contribution in [0.5, 0.6) is 0 Å². The Balaban J connectivity index is 1.43. The number of aromatic nitrogens is 3. The number of nitrogens with zero attached hydrogens (tertiary/aromatic N) is 4. The van der Waals surface area contributed by atoms with Gasteiger partial charge in [-0.3, -0.25) is 9.88 Å². The lowest BCUT2D eigenvalue weighted by Crippen LogP contribution is -2.31. The monoisotopic (exact) mass is 382 g/mol. The highest BCUT2D eigenvalue weighted by Crippen LogP contribution is 2.22. The molecule has 3 aromatic rings. The van der Waals surface area contributed by atoms with Crippen LogP contribution in [-0.2, 0) is 19.5 Å². The second kappa shape index (κ2) is 7.74. The summed E-state index contributed by atoms with van der Waals surface area (Å²) in [4.78, 5) is 16.1. The normalized spacial score (nSPS) is 14.2. The number of benzene rings is 1. The van der Waals surface area contributed by atoms with Gasteiger partial charge in [-0.15, -0.1) is 0 Å². The summed E-state index contributed by atoms with van der Waals surface area (Å²) < 4.78 is 0. The first kappa shape index (κ1) is 17.5. The smallest absolute Gasteiger partial charge is 0.187 e. The Hall–Kier alpha value is -1.95. The molecule has 0 spiro atoms. The fourth-order valence-corrected chi connectivity index (χ4v) is 3.64. The van der Waals surface area contributed by atoms with Crippen LogP contribution in [0.2, 0.25) is 5.02 Å². The minimum absolute atomic E-state index is 0.740. The number of rotatable bonds is 4. The van der Waals surface area contributed by atoms with Gasteiger partial charge in [0.2, 0.25) is 0 Å². The van der Waals surface area contributed by atoms with E-state index in [1.54, 1.807) is 11.8 Å². The summed E-state index contributed by atoms with van der Waals surface area (Å²) in [5.74, 6) is 0. The molecule has 1 aliphatic heterocycles. The average molecular weight is 383 g/mol. The lowest BCUT2D eigenvalue weighted by Gasteiger charge is -2.27. The molecule has 26 heavy (non-hydrogen) atoms. The SMILES string of the molecule is CSc1ncc2c(n1)CCN(Cc1ccc(-c3ccc(Cl)cc3)nc1)C2. The molecule has 6 heteroatoms. The van der Waals surface area contributed by atoms with Crippen molar-refractivity contribution in [3.05, 3.63) is 70.6 Å². The van der Waals surface area contributed by atoms with Crippen LogP contribution < -0.4 is 0 Å². The summed E-state index contributed by atoms with van der Waals surface area (Å²) in [5.41, 5.74) is 5.69. The first-order chi connectivity index (χ1) is 12.7. The summed E-state index contributed by atoms with van der Waals surface area (Å²) in [7, 11) is 0. The molecule has 0 amide bonds. The molecule has 0 radical (unpaired) electrons. The maximum Gasteiger partial charge on any atom is 0.187 e. The van der Waals surface area contributed by atoms with E-state index in [4.69, 9.17) is 11.6 Å². The highest BCUT2D eigenvalue weighted by atomic mass is 35.5. The van der Waals surface area contributed by atoms with Crippen LogP contribution in [0.4, 0.5) is 0 Å². The van der Waals surface area contributed by atoms with E-state index in [0.717, 1.165) is 47.5 Å². The summed E-state index contributed by atoms with van der Waals surface area (Å²) in [6.07, 6.45) is 6.92. The van der Waals surface area contributed by atoms with E-state index in [2.05, 4.69) is 32.0 Å². The second-order valence-electron chi connectivity index (χ2n) is 6.35. The predicted molar refractivity (Wildman–Crippen MR) is 106 cm³/mol. The van der Waals surface area contributed by atoms with Gasteiger partial charge in [0.15, 0.2) is 5.16 Å². The minimum atomic E-state index is 0.740. The van der Waals surface area contributed by atoms with E-state index in [0.29, 0.717) is 0 Å². The minimum Gasteiger partial charge on any atom is -0.294 e. The molecule has 4 nitrogen and oxygen atoms in total. The number of halogens is 1. The van der Waals surface area contributed by atoms with Gasteiger partial charge in [-0.05, 0) is 30.0 Å². The van der Waals surface area contributed by atoms with Crippen LogP contribution in [0.15, 0.2) is 53.9 Å². The maximum atomic E-state index is 5.95. The van der Waals surface area contributed by atoms with E-state index < -0.39 is 0 Å². The zero-order valence-corrected chi connectivity index (χ0v) is 16.1. The van der Waals surface area contributed by atoms with Crippen molar-refractivity contribution in [1.82, 2.24) is 19.9 Å². The molecule has 0 atom stereocenters. The molecule has 4 rings (SSSR count). The molecule has 0 bridgehead atoms. The van der Waals surface area contributed by atoms with Crippen molar-refractivity contribution in [2.75, 3.05) is 12.8 Å². The van der Waals surface area contributed by atoms with Crippen molar-refractivity contribution in [2.24, 2.45) is 0 Å². The Kier molecular flexibility index (Phi) is 5.20. The zero-order valence-electron chi connectivity index (χ0n) is 14.5. The van der Waals surface area contributed by atoms with Crippen LogP contribution >= 0.6 is 23.4 Å². The standard InChI is InChI=1S/C20H19ClN4S/c1-26-20-23-11-16-13-25(9-8-19(16)24-20)12-14-2-7-18(22-10-14)15-3-5-17(21)6-4-15/h2-7,10-11H,8-9,12-13H2,1H3. The van der Waals surface area contributed by atoms with Crippen molar-refractivity contribution >= 4 is 23.4 Å². The quantitative estimate of drug-likeness (QED) is 0.491. The first-order valence-corrected chi connectivity index (χ1v) is 10.1.